The fourth-order valence-corrected chi connectivity index (χ4v) is 1.84. The molecule has 74 valence electrons. The van der Waals surface area contributed by atoms with Crippen LogP contribution < -0.4 is 0 Å². The normalized spacial score (nSPS) is 31.9. The molecule has 1 saturated heterocycles. The third kappa shape index (κ3) is 2.10. The number of carboxylic acids is 1. The van der Waals surface area contributed by atoms with E-state index in [4.69, 9.17) is 9.84 Å². The highest BCUT2D eigenvalue weighted by Gasteiger charge is 2.27. The zero-order valence-corrected chi connectivity index (χ0v) is 8.33. The molecule has 2 unspecified atom stereocenters. The average molecular weight is 184 g/mol. The van der Waals surface area contributed by atoms with Gasteiger partial charge in [-0.2, -0.15) is 0 Å². The van der Waals surface area contributed by atoms with Crippen LogP contribution in [0.5, 0.6) is 0 Å². The summed E-state index contributed by atoms with van der Waals surface area (Å²) in [6.07, 6.45) is 1.47. The number of aliphatic carboxylic acids is 1. The molecule has 0 aromatic heterocycles. The van der Waals surface area contributed by atoms with Crippen LogP contribution in [0.2, 0.25) is 0 Å². The average Bonchev–Trinajstić information content (AvgIpc) is 2.31. The molecule has 0 aromatic rings. The maximum absolute atomic E-state index is 10.9. The van der Waals surface area contributed by atoms with Gasteiger partial charge < -0.3 is 9.84 Å². The van der Waals surface area contributed by atoms with Gasteiger partial charge in [-0.05, 0) is 32.3 Å². The Bertz CT molecular complexity index is 243. The molecule has 13 heavy (non-hydrogen) atoms. The third-order valence-electron chi connectivity index (χ3n) is 2.43. The van der Waals surface area contributed by atoms with Crippen molar-refractivity contribution in [2.45, 2.75) is 45.8 Å². The van der Waals surface area contributed by atoms with Crippen molar-refractivity contribution in [3.05, 3.63) is 11.1 Å². The van der Waals surface area contributed by atoms with E-state index in [9.17, 15) is 4.79 Å². The van der Waals surface area contributed by atoms with Crippen molar-refractivity contribution < 1.29 is 14.6 Å². The van der Waals surface area contributed by atoms with Gasteiger partial charge in [-0.25, -0.2) is 4.79 Å². The Balaban J connectivity index is 2.94. The maximum Gasteiger partial charge on any atom is 0.331 e. The Hall–Kier alpha value is -0.830. The summed E-state index contributed by atoms with van der Waals surface area (Å²) in [5.74, 6) is -0.804. The molecule has 0 aromatic carbocycles. The predicted molar refractivity (Wildman–Crippen MR) is 49.6 cm³/mol. The molecular weight excluding hydrogens is 168 g/mol. The van der Waals surface area contributed by atoms with Crippen LogP contribution in [-0.4, -0.2) is 23.3 Å². The van der Waals surface area contributed by atoms with Crippen LogP contribution in [0.3, 0.4) is 0 Å². The van der Waals surface area contributed by atoms with E-state index < -0.39 is 5.97 Å². The van der Waals surface area contributed by atoms with E-state index in [1.54, 1.807) is 0 Å². The molecule has 3 nitrogen and oxygen atoms in total. The van der Waals surface area contributed by atoms with Crippen LogP contribution in [0, 0.1) is 0 Å². The standard InChI is InChI=1S/C10H16O3/c1-4-8(10(11)12)9-5-6(2)13-7(9)3/h6-7H,4-5H2,1-3H3,(H,11,12)/b9-8-. The molecule has 0 amide bonds. The first-order valence-electron chi connectivity index (χ1n) is 4.66. The number of hydrogen-bond acceptors (Lipinski definition) is 2. The van der Waals surface area contributed by atoms with Gasteiger partial charge in [-0.15, -0.1) is 0 Å². The largest absolute Gasteiger partial charge is 0.478 e. The van der Waals surface area contributed by atoms with E-state index in [0.29, 0.717) is 12.0 Å². The number of hydrogen-bond donors (Lipinski definition) is 1. The highest BCUT2D eigenvalue weighted by Crippen LogP contribution is 2.29. The topological polar surface area (TPSA) is 46.5 Å². The molecule has 1 N–H and O–H groups in total. The van der Waals surface area contributed by atoms with Crippen LogP contribution >= 0.6 is 0 Å². The molecule has 0 bridgehead atoms. The summed E-state index contributed by atoms with van der Waals surface area (Å²) in [4.78, 5) is 10.9. The fourth-order valence-electron chi connectivity index (χ4n) is 1.84. The highest BCUT2D eigenvalue weighted by molar-refractivity contribution is 5.87. The summed E-state index contributed by atoms with van der Waals surface area (Å²) in [5.41, 5.74) is 1.49. The molecule has 0 spiro atoms. The SMILES string of the molecule is CC/C(C(=O)O)=C1\CC(C)OC1C. The van der Waals surface area contributed by atoms with Crippen LogP contribution in [0.1, 0.15) is 33.6 Å². The van der Waals surface area contributed by atoms with Gasteiger partial charge in [0, 0.05) is 5.57 Å². The van der Waals surface area contributed by atoms with Crippen molar-refractivity contribution in [3.63, 3.8) is 0 Å². The lowest BCUT2D eigenvalue weighted by atomic mass is 9.99. The third-order valence-corrected chi connectivity index (χ3v) is 2.43. The molecule has 2 atom stereocenters. The molecule has 1 fully saturated rings. The summed E-state index contributed by atoms with van der Waals surface area (Å²) in [6, 6.07) is 0. The van der Waals surface area contributed by atoms with E-state index in [0.717, 1.165) is 12.0 Å². The van der Waals surface area contributed by atoms with Crippen LogP contribution in [0.15, 0.2) is 11.1 Å². The first kappa shape index (κ1) is 10.3. The van der Waals surface area contributed by atoms with Gasteiger partial charge in [0.25, 0.3) is 0 Å². The molecule has 1 aliphatic rings. The molecule has 0 aliphatic carbocycles. The first-order chi connectivity index (χ1) is 6.06. The predicted octanol–water partition coefficient (Wildman–Crippen LogP) is 1.97. The second-order valence-electron chi connectivity index (χ2n) is 3.46. The van der Waals surface area contributed by atoms with Crippen molar-refractivity contribution >= 4 is 5.97 Å². The zero-order valence-electron chi connectivity index (χ0n) is 8.33. The summed E-state index contributed by atoms with van der Waals surface area (Å²) in [5, 5.41) is 8.92. The Morgan fingerprint density at radius 3 is 2.54 bits per heavy atom. The lowest BCUT2D eigenvalue weighted by Crippen LogP contribution is -2.09. The molecule has 1 heterocycles. The maximum atomic E-state index is 10.9. The Labute approximate surface area is 78.4 Å². The first-order valence-corrected chi connectivity index (χ1v) is 4.66. The fraction of sp³-hybridized carbons (Fsp3) is 0.700. The second kappa shape index (κ2) is 3.92. The van der Waals surface area contributed by atoms with Gasteiger partial charge >= 0.3 is 5.97 Å². The van der Waals surface area contributed by atoms with Crippen molar-refractivity contribution in [1.29, 1.82) is 0 Å². The van der Waals surface area contributed by atoms with E-state index in [1.165, 1.54) is 0 Å². The smallest absolute Gasteiger partial charge is 0.331 e. The molecule has 1 rings (SSSR count). The van der Waals surface area contributed by atoms with Crippen molar-refractivity contribution in [2.75, 3.05) is 0 Å². The van der Waals surface area contributed by atoms with Crippen LogP contribution in [0.25, 0.3) is 0 Å². The molecule has 1 aliphatic heterocycles. The van der Waals surface area contributed by atoms with Gasteiger partial charge in [0.1, 0.15) is 0 Å². The Kier molecular flexibility index (Phi) is 3.09. The minimum absolute atomic E-state index is 0.0268. The number of rotatable bonds is 2. The highest BCUT2D eigenvalue weighted by atomic mass is 16.5. The van der Waals surface area contributed by atoms with Crippen molar-refractivity contribution in [1.82, 2.24) is 0 Å². The van der Waals surface area contributed by atoms with Crippen LogP contribution in [0.4, 0.5) is 0 Å². The monoisotopic (exact) mass is 184 g/mol. The van der Waals surface area contributed by atoms with Gasteiger partial charge in [-0.1, -0.05) is 6.92 Å². The van der Waals surface area contributed by atoms with E-state index >= 15 is 0 Å². The summed E-state index contributed by atoms with van der Waals surface area (Å²) in [7, 11) is 0. The lowest BCUT2D eigenvalue weighted by Gasteiger charge is -2.07. The molecular formula is C10H16O3. The van der Waals surface area contributed by atoms with E-state index in [1.807, 2.05) is 20.8 Å². The quantitative estimate of drug-likeness (QED) is 0.667. The number of carboxylic acid groups (broad SMARTS) is 1. The number of carbonyl (C=O) groups is 1. The van der Waals surface area contributed by atoms with Gasteiger partial charge in [0.2, 0.25) is 0 Å². The second-order valence-corrected chi connectivity index (χ2v) is 3.46. The number of ether oxygens (including phenoxy) is 1. The van der Waals surface area contributed by atoms with Gasteiger partial charge in [0.15, 0.2) is 0 Å². The van der Waals surface area contributed by atoms with Crippen molar-refractivity contribution in [3.8, 4) is 0 Å². The molecule has 0 saturated carbocycles. The van der Waals surface area contributed by atoms with E-state index in [-0.39, 0.29) is 12.2 Å². The Morgan fingerprint density at radius 1 is 1.62 bits per heavy atom. The minimum atomic E-state index is -0.804. The zero-order chi connectivity index (χ0) is 10.0. The summed E-state index contributed by atoms with van der Waals surface area (Å²) in [6.45, 7) is 5.75. The van der Waals surface area contributed by atoms with Gasteiger partial charge in [-0.3, -0.25) is 0 Å². The van der Waals surface area contributed by atoms with E-state index in [2.05, 4.69) is 0 Å². The lowest BCUT2D eigenvalue weighted by molar-refractivity contribution is -0.132. The van der Waals surface area contributed by atoms with Gasteiger partial charge in [0.05, 0.1) is 12.2 Å². The molecule has 0 radical (unpaired) electrons. The minimum Gasteiger partial charge on any atom is -0.478 e. The molecule has 3 heteroatoms. The summed E-state index contributed by atoms with van der Waals surface area (Å²) < 4.78 is 5.49. The Morgan fingerprint density at radius 2 is 2.23 bits per heavy atom. The van der Waals surface area contributed by atoms with Crippen molar-refractivity contribution in [2.24, 2.45) is 0 Å². The summed E-state index contributed by atoms with van der Waals surface area (Å²) >= 11 is 0. The van der Waals surface area contributed by atoms with Crippen LogP contribution in [-0.2, 0) is 9.53 Å².